The van der Waals surface area contributed by atoms with Gasteiger partial charge in [-0.05, 0) is 27.2 Å². The first-order valence-electron chi connectivity index (χ1n) is 5.69. The molecule has 1 saturated heterocycles. The molecule has 5 heteroatoms. The third-order valence-electron chi connectivity index (χ3n) is 2.39. The van der Waals surface area contributed by atoms with Gasteiger partial charge in [-0.2, -0.15) is 0 Å². The van der Waals surface area contributed by atoms with Gasteiger partial charge in [-0.1, -0.05) is 18.1 Å². The van der Waals surface area contributed by atoms with Crippen LogP contribution in [-0.4, -0.2) is 31.9 Å². The van der Waals surface area contributed by atoms with E-state index in [0.717, 1.165) is 6.42 Å². The van der Waals surface area contributed by atoms with Crippen LogP contribution in [0.1, 0.15) is 27.2 Å². The molecule has 94 valence electrons. The lowest BCUT2D eigenvalue weighted by molar-refractivity contribution is -0.134. The van der Waals surface area contributed by atoms with E-state index in [0.29, 0.717) is 0 Å². The van der Waals surface area contributed by atoms with Crippen LogP contribution in [0.15, 0.2) is 24.2 Å². The molecule has 1 rings (SSSR count). The van der Waals surface area contributed by atoms with Crippen LogP contribution in [0, 0.1) is 0 Å². The van der Waals surface area contributed by atoms with Crippen LogP contribution in [0.5, 0.6) is 0 Å². The number of hydrogen-bond acceptors (Lipinski definition) is 4. The van der Waals surface area contributed by atoms with Crippen molar-refractivity contribution in [3.63, 3.8) is 0 Å². The monoisotopic (exact) mass is 238 g/mol. The summed E-state index contributed by atoms with van der Waals surface area (Å²) in [7, 11) is 0.976. The highest BCUT2D eigenvalue weighted by Gasteiger charge is 2.35. The average Bonchev–Trinajstić information content (AvgIpc) is 2.21. The number of ether oxygens (including phenoxy) is 1. The molecule has 1 fully saturated rings. The van der Waals surface area contributed by atoms with Gasteiger partial charge >= 0.3 is 13.1 Å². The number of allylic oxidation sites excluding steroid dienone is 2. The van der Waals surface area contributed by atoms with Gasteiger partial charge in [0.15, 0.2) is 0 Å². The van der Waals surface area contributed by atoms with Gasteiger partial charge in [0.25, 0.3) is 0 Å². The summed E-state index contributed by atoms with van der Waals surface area (Å²) in [6.07, 6.45) is 5.70. The molecule has 17 heavy (non-hydrogen) atoms. The molecule has 0 aromatic carbocycles. The molecule has 0 N–H and O–H groups in total. The summed E-state index contributed by atoms with van der Waals surface area (Å²) in [5.74, 6) is 1.39. The number of hydrogen-bond donors (Lipinski definition) is 0. The maximum Gasteiger partial charge on any atom is 0.486 e. The van der Waals surface area contributed by atoms with Crippen molar-refractivity contribution in [2.24, 2.45) is 0 Å². The lowest BCUT2D eigenvalue weighted by atomic mass is 9.82. The fourth-order valence-corrected chi connectivity index (χ4v) is 1.80. The fourth-order valence-electron chi connectivity index (χ4n) is 1.80. The molecule has 0 saturated carbocycles. The van der Waals surface area contributed by atoms with Gasteiger partial charge < -0.3 is 14.0 Å². The second-order valence-electron chi connectivity index (χ2n) is 4.66. The van der Waals surface area contributed by atoms with Crippen LogP contribution >= 0.6 is 0 Å². The number of esters is 1. The minimum atomic E-state index is -0.381. The maximum atomic E-state index is 10.8. The van der Waals surface area contributed by atoms with E-state index in [1.54, 1.807) is 18.1 Å². The first-order valence-corrected chi connectivity index (χ1v) is 5.69. The second kappa shape index (κ2) is 6.03. The first kappa shape index (κ1) is 14.0. The molecule has 0 aliphatic carbocycles. The molecule has 0 bridgehead atoms. The van der Waals surface area contributed by atoms with Crippen molar-refractivity contribution in [3.8, 4) is 0 Å². The number of carbonyl (C=O) groups excluding carboxylic acids is 1. The molecule has 1 atom stereocenters. The van der Waals surface area contributed by atoms with E-state index in [4.69, 9.17) is 9.31 Å². The van der Waals surface area contributed by atoms with Crippen molar-refractivity contribution in [2.75, 3.05) is 7.11 Å². The van der Waals surface area contributed by atoms with Crippen LogP contribution in [0.2, 0.25) is 0 Å². The molecule has 1 aliphatic rings. The molecular formula is C12H19BO4. The highest BCUT2D eigenvalue weighted by atomic mass is 16.6. The summed E-state index contributed by atoms with van der Waals surface area (Å²) in [5, 5.41) is 0. The second-order valence-corrected chi connectivity index (χ2v) is 4.66. The molecule has 0 radical (unpaired) electrons. The Balaban J connectivity index is 2.48. The van der Waals surface area contributed by atoms with Gasteiger partial charge in [0, 0.05) is 12.2 Å². The summed E-state index contributed by atoms with van der Waals surface area (Å²) < 4.78 is 15.8. The molecule has 4 nitrogen and oxygen atoms in total. The zero-order valence-electron chi connectivity index (χ0n) is 10.8. The van der Waals surface area contributed by atoms with Crippen LogP contribution < -0.4 is 0 Å². The summed E-state index contributed by atoms with van der Waals surface area (Å²) in [5.41, 5.74) is -0.182. The third-order valence-corrected chi connectivity index (χ3v) is 2.39. The normalized spacial score (nSPS) is 24.5. The zero-order valence-corrected chi connectivity index (χ0v) is 10.8. The largest absolute Gasteiger partial charge is 0.486 e. The summed E-state index contributed by atoms with van der Waals surface area (Å²) in [4.78, 5) is 10.8. The predicted molar refractivity (Wildman–Crippen MR) is 66.4 cm³/mol. The Morgan fingerprint density at radius 3 is 2.76 bits per heavy atom. The molecule has 1 heterocycles. The van der Waals surface area contributed by atoms with Gasteiger partial charge in [0.1, 0.15) is 0 Å². The summed E-state index contributed by atoms with van der Waals surface area (Å²) in [6.45, 7) is 6.10. The highest BCUT2D eigenvalue weighted by Crippen LogP contribution is 2.25. The lowest BCUT2D eigenvalue weighted by Crippen LogP contribution is -2.45. The standard InChI is InChI=1S/C12H19BO4/c1-10-9-12(2,3)17-13(16-10)8-6-5-7-11(14)15-4/h5-8,10H,9H2,1-4H3/b7-5-,8-6+. The minimum absolute atomic E-state index is 0.165. The van der Waals surface area contributed by atoms with Crippen molar-refractivity contribution in [1.29, 1.82) is 0 Å². The Hall–Kier alpha value is -1.07. The molecular weight excluding hydrogens is 219 g/mol. The van der Waals surface area contributed by atoms with Crippen molar-refractivity contribution in [2.45, 2.75) is 38.9 Å². The maximum absolute atomic E-state index is 10.8. The van der Waals surface area contributed by atoms with Crippen LogP contribution in [0.4, 0.5) is 0 Å². The summed E-state index contributed by atoms with van der Waals surface area (Å²) >= 11 is 0. The van der Waals surface area contributed by atoms with Crippen LogP contribution in [0.25, 0.3) is 0 Å². The van der Waals surface area contributed by atoms with Gasteiger partial charge in [-0.3, -0.25) is 0 Å². The minimum Gasteiger partial charge on any atom is -0.466 e. The fraction of sp³-hybridized carbons (Fsp3) is 0.583. The Morgan fingerprint density at radius 2 is 2.18 bits per heavy atom. The van der Waals surface area contributed by atoms with E-state index in [1.165, 1.54) is 13.2 Å². The predicted octanol–water partition coefficient (Wildman–Crippen LogP) is 1.90. The van der Waals surface area contributed by atoms with Crippen LogP contribution in [0.3, 0.4) is 0 Å². The number of rotatable bonds is 3. The van der Waals surface area contributed by atoms with Gasteiger partial charge in [0.2, 0.25) is 0 Å². The van der Waals surface area contributed by atoms with Crippen molar-refractivity contribution < 1.29 is 18.8 Å². The topological polar surface area (TPSA) is 44.8 Å². The van der Waals surface area contributed by atoms with Gasteiger partial charge in [-0.15, -0.1) is 0 Å². The highest BCUT2D eigenvalue weighted by molar-refractivity contribution is 6.51. The molecule has 1 unspecified atom stereocenters. The van der Waals surface area contributed by atoms with E-state index >= 15 is 0 Å². The summed E-state index contributed by atoms with van der Waals surface area (Å²) in [6, 6.07) is 0. The van der Waals surface area contributed by atoms with E-state index in [-0.39, 0.29) is 24.8 Å². The van der Waals surface area contributed by atoms with E-state index < -0.39 is 0 Å². The van der Waals surface area contributed by atoms with Crippen LogP contribution in [-0.2, 0) is 18.8 Å². The Morgan fingerprint density at radius 1 is 1.47 bits per heavy atom. The van der Waals surface area contributed by atoms with E-state index in [2.05, 4.69) is 4.74 Å². The molecule has 0 aromatic rings. The Kier molecular flexibility index (Phi) is 4.96. The Bertz CT molecular complexity index is 322. The van der Waals surface area contributed by atoms with E-state index in [9.17, 15) is 4.79 Å². The molecule has 0 spiro atoms. The molecule has 0 aromatic heterocycles. The number of methoxy groups -OCH3 is 1. The Labute approximate surface area is 103 Å². The first-order chi connectivity index (χ1) is 7.93. The number of carbonyl (C=O) groups is 1. The van der Waals surface area contributed by atoms with Crippen molar-refractivity contribution >= 4 is 13.1 Å². The lowest BCUT2D eigenvalue weighted by Gasteiger charge is -2.37. The van der Waals surface area contributed by atoms with Crippen molar-refractivity contribution in [3.05, 3.63) is 24.2 Å². The quantitative estimate of drug-likeness (QED) is 0.326. The zero-order chi connectivity index (χ0) is 12.9. The smallest absolute Gasteiger partial charge is 0.466 e. The van der Waals surface area contributed by atoms with Gasteiger partial charge in [0.05, 0.1) is 12.7 Å². The van der Waals surface area contributed by atoms with E-state index in [1.807, 2.05) is 20.8 Å². The average molecular weight is 238 g/mol. The molecule has 1 aliphatic heterocycles. The SMILES string of the molecule is COC(=O)/C=C\C=C\B1OC(C)CC(C)(C)O1. The molecule has 0 amide bonds. The third kappa shape index (κ3) is 5.19. The van der Waals surface area contributed by atoms with Gasteiger partial charge in [-0.25, -0.2) is 4.79 Å². The van der Waals surface area contributed by atoms with Crippen molar-refractivity contribution in [1.82, 2.24) is 0 Å².